The standard InChI is InChI=1S/C14H26N2O3/c1-3-19-14(18)7-13(17)10-16-9-12-5-4-6-15(12)8-11(16)2/h11-13,17H,3-10H2,1-2H3. The summed E-state index contributed by atoms with van der Waals surface area (Å²) in [5.74, 6) is -0.304. The van der Waals surface area contributed by atoms with Crippen LogP contribution in [0.3, 0.4) is 0 Å². The maximum Gasteiger partial charge on any atom is 0.308 e. The predicted molar refractivity (Wildman–Crippen MR) is 72.9 cm³/mol. The summed E-state index contributed by atoms with van der Waals surface area (Å²) in [4.78, 5) is 16.2. The van der Waals surface area contributed by atoms with Crippen LogP contribution >= 0.6 is 0 Å². The smallest absolute Gasteiger partial charge is 0.308 e. The minimum Gasteiger partial charge on any atom is -0.466 e. The molecule has 2 aliphatic rings. The Bertz CT molecular complexity index is 311. The van der Waals surface area contributed by atoms with E-state index in [1.807, 2.05) is 0 Å². The van der Waals surface area contributed by atoms with Gasteiger partial charge in [-0.1, -0.05) is 0 Å². The highest BCUT2D eigenvalue weighted by Gasteiger charge is 2.35. The summed E-state index contributed by atoms with van der Waals surface area (Å²) in [6.45, 7) is 8.25. The van der Waals surface area contributed by atoms with Gasteiger partial charge in [-0.3, -0.25) is 14.6 Å². The van der Waals surface area contributed by atoms with Crippen molar-refractivity contribution in [2.45, 2.75) is 51.3 Å². The van der Waals surface area contributed by atoms with Crippen LogP contribution in [0.4, 0.5) is 0 Å². The molecule has 0 aromatic carbocycles. The van der Waals surface area contributed by atoms with Gasteiger partial charge in [0.05, 0.1) is 19.1 Å². The fraction of sp³-hybridized carbons (Fsp3) is 0.929. The molecule has 3 unspecified atom stereocenters. The zero-order valence-electron chi connectivity index (χ0n) is 12.0. The van der Waals surface area contributed by atoms with Gasteiger partial charge in [-0.25, -0.2) is 0 Å². The zero-order valence-corrected chi connectivity index (χ0v) is 12.0. The van der Waals surface area contributed by atoms with Crippen LogP contribution in [0.2, 0.25) is 0 Å². The lowest BCUT2D eigenvalue weighted by atomic mass is 10.1. The van der Waals surface area contributed by atoms with Crippen LogP contribution in [0.5, 0.6) is 0 Å². The summed E-state index contributed by atoms with van der Waals surface area (Å²) in [5.41, 5.74) is 0. The summed E-state index contributed by atoms with van der Waals surface area (Å²) in [6.07, 6.45) is 2.04. The van der Waals surface area contributed by atoms with E-state index in [4.69, 9.17) is 4.74 Å². The van der Waals surface area contributed by atoms with Crippen LogP contribution in [0, 0.1) is 0 Å². The van der Waals surface area contributed by atoms with E-state index in [0.29, 0.717) is 25.2 Å². The number of hydrogen-bond acceptors (Lipinski definition) is 5. The van der Waals surface area contributed by atoms with Crippen molar-refractivity contribution in [3.8, 4) is 0 Å². The highest BCUT2D eigenvalue weighted by Crippen LogP contribution is 2.24. The van der Waals surface area contributed by atoms with E-state index in [-0.39, 0.29) is 12.4 Å². The molecule has 5 nitrogen and oxygen atoms in total. The lowest BCUT2D eigenvalue weighted by molar-refractivity contribution is -0.145. The quantitative estimate of drug-likeness (QED) is 0.736. The van der Waals surface area contributed by atoms with Gasteiger partial charge in [0.2, 0.25) is 0 Å². The van der Waals surface area contributed by atoms with Crippen LogP contribution in [0.15, 0.2) is 0 Å². The third kappa shape index (κ3) is 3.91. The van der Waals surface area contributed by atoms with E-state index in [1.54, 1.807) is 6.92 Å². The predicted octanol–water partition coefficient (Wildman–Crippen LogP) is 0.469. The minimum absolute atomic E-state index is 0.103. The van der Waals surface area contributed by atoms with Gasteiger partial charge in [-0.05, 0) is 33.2 Å². The minimum atomic E-state index is -0.616. The SMILES string of the molecule is CCOC(=O)CC(O)CN1CC2CCCN2CC1C. The van der Waals surface area contributed by atoms with E-state index in [1.165, 1.54) is 19.4 Å². The molecule has 2 heterocycles. The first-order valence-electron chi connectivity index (χ1n) is 7.42. The molecule has 19 heavy (non-hydrogen) atoms. The summed E-state index contributed by atoms with van der Waals surface area (Å²) < 4.78 is 4.87. The van der Waals surface area contributed by atoms with Crippen molar-refractivity contribution in [2.75, 3.05) is 32.8 Å². The number of carbonyl (C=O) groups is 1. The first kappa shape index (κ1) is 14.8. The summed E-state index contributed by atoms with van der Waals surface area (Å²) in [7, 11) is 0. The fourth-order valence-electron chi connectivity index (χ4n) is 3.25. The van der Waals surface area contributed by atoms with Crippen molar-refractivity contribution < 1.29 is 14.6 Å². The molecule has 0 bridgehead atoms. The van der Waals surface area contributed by atoms with Gasteiger partial charge >= 0.3 is 5.97 Å². The van der Waals surface area contributed by atoms with Crippen molar-refractivity contribution in [3.63, 3.8) is 0 Å². The molecule has 0 amide bonds. The first-order valence-corrected chi connectivity index (χ1v) is 7.42. The van der Waals surface area contributed by atoms with Crippen molar-refractivity contribution in [1.29, 1.82) is 0 Å². The van der Waals surface area contributed by atoms with Gasteiger partial charge in [-0.2, -0.15) is 0 Å². The van der Waals surface area contributed by atoms with Gasteiger partial charge in [-0.15, -0.1) is 0 Å². The number of aliphatic hydroxyl groups is 1. The van der Waals surface area contributed by atoms with E-state index in [0.717, 1.165) is 13.1 Å². The largest absolute Gasteiger partial charge is 0.466 e. The Labute approximate surface area is 115 Å². The average Bonchev–Trinajstić information content (AvgIpc) is 2.76. The number of nitrogens with zero attached hydrogens (tertiary/aromatic N) is 2. The molecule has 0 aromatic rings. The van der Waals surface area contributed by atoms with E-state index < -0.39 is 6.10 Å². The third-order valence-electron chi connectivity index (χ3n) is 4.22. The maximum atomic E-state index is 11.4. The number of hydrogen-bond donors (Lipinski definition) is 1. The van der Waals surface area contributed by atoms with Gasteiger partial charge in [0, 0.05) is 31.7 Å². The Balaban J connectivity index is 1.79. The number of aliphatic hydroxyl groups excluding tert-OH is 1. The number of ether oxygens (including phenoxy) is 1. The average molecular weight is 270 g/mol. The van der Waals surface area contributed by atoms with Gasteiger partial charge in [0.1, 0.15) is 0 Å². The Morgan fingerprint density at radius 2 is 2.26 bits per heavy atom. The number of rotatable bonds is 5. The molecular weight excluding hydrogens is 244 g/mol. The Morgan fingerprint density at radius 1 is 1.47 bits per heavy atom. The molecule has 2 saturated heterocycles. The van der Waals surface area contributed by atoms with Crippen molar-refractivity contribution in [1.82, 2.24) is 9.80 Å². The highest BCUT2D eigenvalue weighted by atomic mass is 16.5. The maximum absolute atomic E-state index is 11.4. The van der Waals surface area contributed by atoms with E-state index in [9.17, 15) is 9.90 Å². The molecule has 2 rings (SSSR count). The molecule has 0 radical (unpaired) electrons. The second-order valence-electron chi connectivity index (χ2n) is 5.76. The Morgan fingerprint density at radius 3 is 3.00 bits per heavy atom. The highest BCUT2D eigenvalue weighted by molar-refractivity contribution is 5.69. The molecule has 1 N–H and O–H groups in total. The first-order chi connectivity index (χ1) is 9.10. The van der Waals surface area contributed by atoms with Gasteiger partial charge < -0.3 is 9.84 Å². The van der Waals surface area contributed by atoms with E-state index in [2.05, 4.69) is 16.7 Å². The summed E-state index contributed by atoms with van der Waals surface area (Å²) >= 11 is 0. The number of esters is 1. The van der Waals surface area contributed by atoms with Gasteiger partial charge in [0.15, 0.2) is 0 Å². The zero-order chi connectivity index (χ0) is 13.8. The van der Waals surface area contributed by atoms with Crippen LogP contribution in [0.1, 0.15) is 33.1 Å². The lowest BCUT2D eigenvalue weighted by Crippen LogP contribution is -2.56. The lowest BCUT2D eigenvalue weighted by Gasteiger charge is -2.42. The van der Waals surface area contributed by atoms with Crippen LogP contribution in [-0.2, 0) is 9.53 Å². The number of carbonyl (C=O) groups excluding carboxylic acids is 1. The van der Waals surface area contributed by atoms with Gasteiger partial charge in [0.25, 0.3) is 0 Å². The third-order valence-corrected chi connectivity index (χ3v) is 4.22. The molecule has 0 spiro atoms. The number of piperazine rings is 1. The number of fused-ring (bicyclic) bond motifs is 1. The molecule has 0 aliphatic carbocycles. The fourth-order valence-corrected chi connectivity index (χ4v) is 3.25. The Kier molecular flexibility index (Phi) is 5.19. The monoisotopic (exact) mass is 270 g/mol. The van der Waals surface area contributed by atoms with Crippen molar-refractivity contribution in [2.24, 2.45) is 0 Å². The van der Waals surface area contributed by atoms with Crippen LogP contribution in [0.25, 0.3) is 0 Å². The van der Waals surface area contributed by atoms with Crippen LogP contribution in [-0.4, -0.2) is 71.8 Å². The molecule has 0 aromatic heterocycles. The molecule has 5 heteroatoms. The summed E-state index contributed by atoms with van der Waals surface area (Å²) in [5, 5.41) is 10.0. The second-order valence-corrected chi connectivity index (χ2v) is 5.76. The molecule has 0 saturated carbocycles. The summed E-state index contributed by atoms with van der Waals surface area (Å²) in [6, 6.07) is 1.09. The molecule has 2 fully saturated rings. The molecule has 2 aliphatic heterocycles. The normalized spacial score (nSPS) is 30.1. The molecular formula is C14H26N2O3. The second kappa shape index (κ2) is 6.68. The number of β-amino-alcohol motifs (C(OH)–C–C–N with tert-alkyl or cyclic N) is 1. The van der Waals surface area contributed by atoms with Crippen LogP contribution < -0.4 is 0 Å². The Hall–Kier alpha value is -0.650. The topological polar surface area (TPSA) is 53.0 Å². The molecule has 110 valence electrons. The molecule has 3 atom stereocenters. The van der Waals surface area contributed by atoms with Crippen molar-refractivity contribution in [3.05, 3.63) is 0 Å². The van der Waals surface area contributed by atoms with E-state index >= 15 is 0 Å². The van der Waals surface area contributed by atoms with Crippen molar-refractivity contribution >= 4 is 5.97 Å².